The number of esters is 1. The van der Waals surface area contributed by atoms with Crippen molar-refractivity contribution >= 4 is 40.3 Å². The van der Waals surface area contributed by atoms with Gasteiger partial charge >= 0.3 is 5.97 Å². The summed E-state index contributed by atoms with van der Waals surface area (Å²) in [5.41, 5.74) is 0.212. The molecule has 0 N–H and O–H groups in total. The fraction of sp³-hybridized carbons (Fsp3) is 0.889. The van der Waals surface area contributed by atoms with Gasteiger partial charge in [-0.3, -0.25) is 4.79 Å². The summed E-state index contributed by atoms with van der Waals surface area (Å²) in [4.78, 5) is 11.3. The SMILES string of the molecule is O=C1CC2(CCSCC2)C(CI)O1. The second-order valence-electron chi connectivity index (χ2n) is 3.78. The molecule has 2 heterocycles. The van der Waals surface area contributed by atoms with Crippen molar-refractivity contribution in [2.45, 2.75) is 25.4 Å². The second-order valence-corrected chi connectivity index (χ2v) is 5.89. The number of cyclic esters (lactones) is 1. The van der Waals surface area contributed by atoms with Crippen molar-refractivity contribution in [2.24, 2.45) is 5.41 Å². The molecule has 1 spiro atoms. The van der Waals surface area contributed by atoms with Gasteiger partial charge in [-0.2, -0.15) is 11.8 Å². The van der Waals surface area contributed by atoms with Gasteiger partial charge in [-0.25, -0.2) is 0 Å². The number of hydrogen-bond donors (Lipinski definition) is 0. The molecule has 0 aromatic heterocycles. The molecule has 2 aliphatic rings. The van der Waals surface area contributed by atoms with E-state index in [0.717, 1.165) is 17.3 Å². The molecule has 0 amide bonds. The van der Waals surface area contributed by atoms with E-state index < -0.39 is 0 Å². The van der Waals surface area contributed by atoms with Gasteiger partial charge in [-0.05, 0) is 24.3 Å². The van der Waals surface area contributed by atoms with Gasteiger partial charge < -0.3 is 4.74 Å². The standard InChI is InChI=1S/C9H13IO2S/c10-6-7-9(5-8(11)12-7)1-3-13-4-2-9/h7H,1-6H2. The molecule has 0 aromatic rings. The average Bonchev–Trinajstić information content (AvgIpc) is 2.43. The zero-order valence-corrected chi connectivity index (χ0v) is 10.4. The van der Waals surface area contributed by atoms with Gasteiger partial charge in [-0.1, -0.05) is 22.6 Å². The van der Waals surface area contributed by atoms with Crippen LogP contribution in [-0.2, 0) is 9.53 Å². The first-order chi connectivity index (χ1) is 6.27. The molecule has 2 rings (SSSR count). The third-order valence-corrected chi connectivity index (χ3v) is 4.87. The Morgan fingerprint density at radius 2 is 2.23 bits per heavy atom. The molecule has 2 nitrogen and oxygen atoms in total. The number of carbonyl (C=O) groups excluding carboxylic acids is 1. The number of rotatable bonds is 1. The van der Waals surface area contributed by atoms with Crippen LogP contribution in [0.15, 0.2) is 0 Å². The lowest BCUT2D eigenvalue weighted by Gasteiger charge is -2.34. The highest BCUT2D eigenvalue weighted by atomic mass is 127. The van der Waals surface area contributed by atoms with Crippen LogP contribution < -0.4 is 0 Å². The fourth-order valence-electron chi connectivity index (χ4n) is 2.20. The maximum absolute atomic E-state index is 11.3. The summed E-state index contributed by atoms with van der Waals surface area (Å²) in [6.07, 6.45) is 3.19. The molecule has 0 aromatic carbocycles. The van der Waals surface area contributed by atoms with E-state index in [9.17, 15) is 4.79 Å². The van der Waals surface area contributed by atoms with Crippen molar-refractivity contribution in [3.8, 4) is 0 Å². The third-order valence-electron chi connectivity index (χ3n) is 3.08. The quantitative estimate of drug-likeness (QED) is 0.422. The van der Waals surface area contributed by atoms with Crippen molar-refractivity contribution in [1.82, 2.24) is 0 Å². The van der Waals surface area contributed by atoms with Gasteiger partial charge in [0.25, 0.3) is 0 Å². The molecule has 0 radical (unpaired) electrons. The van der Waals surface area contributed by atoms with Gasteiger partial charge in [0.15, 0.2) is 0 Å². The van der Waals surface area contributed by atoms with E-state index in [-0.39, 0.29) is 17.5 Å². The number of carbonyl (C=O) groups is 1. The molecule has 2 saturated heterocycles. The Morgan fingerprint density at radius 3 is 2.85 bits per heavy atom. The topological polar surface area (TPSA) is 26.3 Å². The monoisotopic (exact) mass is 312 g/mol. The number of halogens is 1. The zero-order chi connectivity index (χ0) is 9.31. The Kier molecular flexibility index (Phi) is 3.07. The maximum atomic E-state index is 11.3. The Labute approximate surface area is 96.3 Å². The van der Waals surface area contributed by atoms with Gasteiger partial charge in [0, 0.05) is 9.84 Å². The summed E-state index contributed by atoms with van der Waals surface area (Å²) in [6.45, 7) is 0. The van der Waals surface area contributed by atoms with E-state index in [4.69, 9.17) is 4.74 Å². The van der Waals surface area contributed by atoms with Crippen molar-refractivity contribution in [1.29, 1.82) is 0 Å². The molecular formula is C9H13IO2S. The summed E-state index contributed by atoms with van der Waals surface area (Å²) >= 11 is 4.33. The van der Waals surface area contributed by atoms with Crippen LogP contribution in [-0.4, -0.2) is 28.0 Å². The minimum Gasteiger partial charge on any atom is -0.461 e. The van der Waals surface area contributed by atoms with Crippen LogP contribution in [0, 0.1) is 5.41 Å². The third kappa shape index (κ3) is 1.84. The van der Waals surface area contributed by atoms with Crippen molar-refractivity contribution in [3.63, 3.8) is 0 Å². The second kappa shape index (κ2) is 3.96. The first kappa shape index (κ1) is 10.1. The molecule has 1 unspecified atom stereocenters. The minimum absolute atomic E-state index is 0.0218. The highest BCUT2D eigenvalue weighted by molar-refractivity contribution is 14.1. The molecule has 13 heavy (non-hydrogen) atoms. The number of thioether (sulfide) groups is 1. The van der Waals surface area contributed by atoms with Gasteiger partial charge in [0.1, 0.15) is 6.10 Å². The molecular weight excluding hydrogens is 299 g/mol. The number of ether oxygens (including phenoxy) is 1. The van der Waals surface area contributed by atoms with Crippen LogP contribution in [0.5, 0.6) is 0 Å². The van der Waals surface area contributed by atoms with Crippen molar-refractivity contribution in [2.75, 3.05) is 15.9 Å². The summed E-state index contributed by atoms with van der Waals surface area (Å²) in [5, 5.41) is 0. The van der Waals surface area contributed by atoms with Crippen LogP contribution in [0.2, 0.25) is 0 Å². The Balaban J connectivity index is 2.13. The lowest BCUT2D eigenvalue weighted by Crippen LogP contribution is -2.35. The van der Waals surface area contributed by atoms with E-state index in [2.05, 4.69) is 22.6 Å². The lowest BCUT2D eigenvalue weighted by atomic mass is 9.76. The fourth-order valence-corrected chi connectivity index (χ4v) is 4.62. The highest BCUT2D eigenvalue weighted by Gasteiger charge is 2.48. The van der Waals surface area contributed by atoms with Crippen LogP contribution in [0.25, 0.3) is 0 Å². The zero-order valence-electron chi connectivity index (χ0n) is 7.42. The Morgan fingerprint density at radius 1 is 1.54 bits per heavy atom. The maximum Gasteiger partial charge on any atom is 0.306 e. The smallest absolute Gasteiger partial charge is 0.306 e. The van der Waals surface area contributed by atoms with Crippen LogP contribution >= 0.6 is 34.4 Å². The Bertz CT molecular complexity index is 214. The molecule has 2 fully saturated rings. The van der Waals surface area contributed by atoms with Crippen molar-refractivity contribution < 1.29 is 9.53 Å². The van der Waals surface area contributed by atoms with E-state index >= 15 is 0 Å². The van der Waals surface area contributed by atoms with Crippen LogP contribution in [0.1, 0.15) is 19.3 Å². The predicted octanol–water partition coefficient (Wildman–Crippen LogP) is 2.25. The molecule has 2 aliphatic heterocycles. The number of hydrogen-bond acceptors (Lipinski definition) is 3. The lowest BCUT2D eigenvalue weighted by molar-refractivity contribution is -0.140. The molecule has 4 heteroatoms. The average molecular weight is 312 g/mol. The summed E-state index contributed by atoms with van der Waals surface area (Å²) in [5.74, 6) is 2.42. The summed E-state index contributed by atoms with van der Waals surface area (Å²) in [6, 6.07) is 0. The number of alkyl halides is 1. The first-order valence-corrected chi connectivity index (χ1v) is 7.28. The van der Waals surface area contributed by atoms with E-state index in [0.29, 0.717) is 6.42 Å². The van der Waals surface area contributed by atoms with Crippen LogP contribution in [0.4, 0.5) is 0 Å². The van der Waals surface area contributed by atoms with Gasteiger partial charge in [0.2, 0.25) is 0 Å². The van der Waals surface area contributed by atoms with E-state index in [1.165, 1.54) is 11.5 Å². The van der Waals surface area contributed by atoms with Crippen LogP contribution in [0.3, 0.4) is 0 Å². The van der Waals surface area contributed by atoms with E-state index in [1.54, 1.807) is 0 Å². The summed E-state index contributed by atoms with van der Waals surface area (Å²) in [7, 11) is 0. The normalized spacial score (nSPS) is 32.1. The van der Waals surface area contributed by atoms with Crippen molar-refractivity contribution in [3.05, 3.63) is 0 Å². The predicted molar refractivity (Wildman–Crippen MR) is 62.4 cm³/mol. The Hall–Kier alpha value is 0.550. The molecule has 1 atom stereocenters. The molecule has 0 aliphatic carbocycles. The molecule has 74 valence electrons. The summed E-state index contributed by atoms with van der Waals surface area (Å²) < 4.78 is 6.30. The molecule has 0 saturated carbocycles. The highest BCUT2D eigenvalue weighted by Crippen LogP contribution is 2.46. The van der Waals surface area contributed by atoms with Gasteiger partial charge in [-0.15, -0.1) is 0 Å². The minimum atomic E-state index is 0.0218. The van der Waals surface area contributed by atoms with Gasteiger partial charge in [0.05, 0.1) is 6.42 Å². The largest absolute Gasteiger partial charge is 0.461 e. The first-order valence-electron chi connectivity index (χ1n) is 4.60. The van der Waals surface area contributed by atoms with E-state index in [1.807, 2.05) is 11.8 Å². The molecule has 0 bridgehead atoms.